The van der Waals surface area contributed by atoms with Crippen LogP contribution in [0.15, 0.2) is 56.6 Å². The molecule has 0 unspecified atom stereocenters. The van der Waals surface area contributed by atoms with E-state index in [2.05, 4.69) is 46.5 Å². The predicted molar refractivity (Wildman–Crippen MR) is 103 cm³/mol. The smallest absolute Gasteiger partial charge is 0.325 e. The predicted octanol–water partition coefficient (Wildman–Crippen LogP) is 3.52. The number of nitriles is 1. The maximum absolute atomic E-state index is 13.3. The topological polar surface area (TPSA) is 142 Å². The zero-order valence-electron chi connectivity index (χ0n) is 14.0. The van der Waals surface area contributed by atoms with Gasteiger partial charge in [0.1, 0.15) is 5.82 Å². The van der Waals surface area contributed by atoms with Crippen molar-refractivity contribution >= 4 is 45.0 Å². The molecule has 0 bridgehead atoms. The Morgan fingerprint density at radius 3 is 2.82 bits per heavy atom. The van der Waals surface area contributed by atoms with Crippen molar-refractivity contribution in [3.05, 3.63) is 64.0 Å². The van der Waals surface area contributed by atoms with Crippen molar-refractivity contribution < 1.29 is 13.8 Å². The first-order valence-corrected chi connectivity index (χ1v) is 8.46. The molecule has 28 heavy (non-hydrogen) atoms. The third-order valence-corrected chi connectivity index (χ3v) is 3.97. The summed E-state index contributed by atoms with van der Waals surface area (Å²) in [6, 6.07) is 11.7. The van der Waals surface area contributed by atoms with E-state index in [1.165, 1.54) is 24.3 Å². The van der Waals surface area contributed by atoms with Gasteiger partial charge in [-0.3, -0.25) is 5.32 Å². The van der Waals surface area contributed by atoms with Crippen molar-refractivity contribution in [1.29, 1.82) is 5.26 Å². The molecule has 1 heterocycles. The lowest BCUT2D eigenvalue weighted by atomic mass is 10.2. The first-order chi connectivity index (χ1) is 13.5. The van der Waals surface area contributed by atoms with E-state index in [0.717, 1.165) is 0 Å². The summed E-state index contributed by atoms with van der Waals surface area (Å²) >= 11 is 3.06. The van der Waals surface area contributed by atoms with E-state index in [4.69, 9.17) is 11.0 Å². The molecule has 1 aromatic heterocycles. The van der Waals surface area contributed by atoms with Gasteiger partial charge < -0.3 is 11.1 Å². The molecule has 0 fully saturated rings. The molecule has 0 atom stereocenters. The lowest BCUT2D eigenvalue weighted by Crippen LogP contribution is -2.23. The first kappa shape index (κ1) is 19.0. The van der Waals surface area contributed by atoms with Crippen LogP contribution in [0.2, 0.25) is 0 Å². The van der Waals surface area contributed by atoms with Gasteiger partial charge in [-0.2, -0.15) is 5.26 Å². The van der Waals surface area contributed by atoms with Gasteiger partial charge in [0.2, 0.25) is 5.82 Å². The van der Waals surface area contributed by atoms with Crippen molar-refractivity contribution in [3.8, 4) is 6.07 Å². The molecule has 3 rings (SSSR count). The number of benzene rings is 2. The molecule has 0 saturated heterocycles. The maximum Gasteiger partial charge on any atom is 0.325 e. The number of carbonyl (C=O) groups is 1. The molecule has 0 radical (unpaired) electrons. The zero-order chi connectivity index (χ0) is 20.1. The molecule has 11 heteroatoms. The Kier molecular flexibility index (Phi) is 5.61. The second kappa shape index (κ2) is 8.28. The molecule has 3 aromatic rings. The normalized spacial score (nSPS) is 11.0. The van der Waals surface area contributed by atoms with E-state index in [1.807, 2.05) is 6.07 Å². The summed E-state index contributed by atoms with van der Waals surface area (Å²) in [5.41, 5.74) is 7.06. The van der Waals surface area contributed by atoms with E-state index in [9.17, 15) is 9.18 Å². The van der Waals surface area contributed by atoms with Gasteiger partial charge in [-0.05, 0) is 62.6 Å². The average molecular weight is 444 g/mol. The molecule has 2 amide bonds. The molecule has 0 aliphatic carbocycles. The number of halogens is 2. The summed E-state index contributed by atoms with van der Waals surface area (Å²) in [5, 5.41) is 21.1. The summed E-state index contributed by atoms with van der Waals surface area (Å²) in [6.45, 7) is 0. The number of nitrogens with zero attached hydrogens (tertiary/aromatic N) is 4. The largest absolute Gasteiger partial charge is 0.382 e. The summed E-state index contributed by atoms with van der Waals surface area (Å²) in [5.74, 6) is -0.599. The molecule has 4 N–H and O–H groups in total. The molecular weight excluding hydrogens is 433 g/mol. The quantitative estimate of drug-likeness (QED) is 0.415. The monoisotopic (exact) mass is 443 g/mol. The number of carbonyl (C=O) groups excluding carboxylic acids is 1. The minimum atomic E-state index is -0.649. The van der Waals surface area contributed by atoms with E-state index >= 15 is 0 Å². The highest BCUT2D eigenvalue weighted by Crippen LogP contribution is 2.23. The second-order valence-corrected chi connectivity index (χ2v) is 6.18. The Morgan fingerprint density at radius 2 is 2.07 bits per heavy atom. The van der Waals surface area contributed by atoms with Gasteiger partial charge >= 0.3 is 6.03 Å². The van der Waals surface area contributed by atoms with Crippen LogP contribution in [0.3, 0.4) is 0 Å². The fourth-order valence-corrected chi connectivity index (χ4v) is 2.49. The molecule has 9 nitrogen and oxygen atoms in total. The van der Waals surface area contributed by atoms with Crippen molar-refractivity contribution in [2.45, 2.75) is 0 Å². The Bertz CT molecular complexity index is 1110. The number of nitrogens with one attached hydrogen (secondary N) is 2. The Hall–Kier alpha value is -3.78. The number of nitrogens with two attached hydrogens (primary N) is 1. The van der Waals surface area contributed by atoms with Crippen LogP contribution in [0.25, 0.3) is 0 Å². The van der Waals surface area contributed by atoms with Crippen LogP contribution in [-0.4, -0.2) is 22.2 Å². The van der Waals surface area contributed by atoms with Gasteiger partial charge in [-0.1, -0.05) is 6.07 Å². The number of urea groups is 1. The van der Waals surface area contributed by atoms with Crippen molar-refractivity contribution in [3.63, 3.8) is 0 Å². The van der Waals surface area contributed by atoms with Gasteiger partial charge in [-0.25, -0.2) is 18.8 Å². The van der Waals surface area contributed by atoms with Gasteiger partial charge in [0, 0.05) is 5.69 Å². The summed E-state index contributed by atoms with van der Waals surface area (Å²) in [6.07, 6.45) is 0. The molecule has 0 aliphatic heterocycles. The number of aromatic nitrogens is 2. The fourth-order valence-electron chi connectivity index (χ4n) is 2.12. The minimum absolute atomic E-state index is 0.00127. The third-order valence-electron chi connectivity index (χ3n) is 3.37. The van der Waals surface area contributed by atoms with Gasteiger partial charge in [0.25, 0.3) is 0 Å². The van der Waals surface area contributed by atoms with Gasteiger partial charge in [0.05, 0.1) is 21.8 Å². The maximum atomic E-state index is 13.3. The van der Waals surface area contributed by atoms with E-state index in [0.29, 0.717) is 16.9 Å². The van der Waals surface area contributed by atoms with Crippen LogP contribution in [0.5, 0.6) is 0 Å². The molecule has 0 spiro atoms. The van der Waals surface area contributed by atoms with Crippen molar-refractivity contribution in [2.24, 2.45) is 10.7 Å². The van der Waals surface area contributed by atoms with E-state index < -0.39 is 11.8 Å². The second-order valence-electron chi connectivity index (χ2n) is 5.33. The summed E-state index contributed by atoms with van der Waals surface area (Å²) in [4.78, 5) is 16.3. The molecule has 140 valence electrons. The molecule has 2 aromatic carbocycles. The highest BCUT2D eigenvalue weighted by Gasteiger charge is 2.17. The first-order valence-electron chi connectivity index (χ1n) is 7.66. The number of hydrogen-bond acceptors (Lipinski definition) is 6. The summed E-state index contributed by atoms with van der Waals surface area (Å²) < 4.78 is 18.1. The van der Waals surface area contributed by atoms with E-state index in [1.54, 1.807) is 18.2 Å². The van der Waals surface area contributed by atoms with Crippen LogP contribution in [0.1, 0.15) is 11.3 Å². The number of amides is 2. The SMILES string of the molecule is N#Cc1cccc(NC(=O)Nc2nonc2C(N)=Nc2ccc(F)c(Br)c2)c1. The number of anilines is 2. The third kappa shape index (κ3) is 4.49. The van der Waals surface area contributed by atoms with Crippen molar-refractivity contribution in [1.82, 2.24) is 10.3 Å². The van der Waals surface area contributed by atoms with Crippen LogP contribution >= 0.6 is 15.9 Å². The van der Waals surface area contributed by atoms with Gasteiger partial charge in [0.15, 0.2) is 11.5 Å². The Labute approximate surface area is 166 Å². The molecule has 0 saturated carbocycles. The van der Waals surface area contributed by atoms with Crippen molar-refractivity contribution in [2.75, 3.05) is 10.6 Å². The van der Waals surface area contributed by atoms with Crippen LogP contribution in [0.4, 0.5) is 26.4 Å². The van der Waals surface area contributed by atoms with Crippen LogP contribution < -0.4 is 16.4 Å². The Morgan fingerprint density at radius 1 is 1.25 bits per heavy atom. The fraction of sp³-hybridized carbons (Fsp3) is 0. The summed E-state index contributed by atoms with van der Waals surface area (Å²) in [7, 11) is 0. The molecule has 0 aliphatic rings. The lowest BCUT2D eigenvalue weighted by molar-refractivity contribution is 0.261. The number of hydrogen-bond donors (Lipinski definition) is 3. The Balaban J connectivity index is 1.75. The lowest BCUT2D eigenvalue weighted by Gasteiger charge is -2.06. The van der Waals surface area contributed by atoms with Crippen LogP contribution in [-0.2, 0) is 0 Å². The standard InChI is InChI=1S/C17H11BrFN7O2/c18-12-7-11(4-5-13(12)19)22-15(21)14-16(26-28-25-14)24-17(27)23-10-3-1-2-9(6-10)8-20/h1-7H,(H2,21,22)(H2,23,24,26,27). The zero-order valence-corrected chi connectivity index (χ0v) is 15.6. The molecular formula is C17H11BrFN7O2. The van der Waals surface area contributed by atoms with Gasteiger partial charge in [-0.15, -0.1) is 0 Å². The minimum Gasteiger partial charge on any atom is -0.382 e. The van der Waals surface area contributed by atoms with E-state index in [-0.39, 0.29) is 21.8 Å². The average Bonchev–Trinajstić information content (AvgIpc) is 3.13. The van der Waals surface area contributed by atoms with Crippen LogP contribution in [0, 0.1) is 17.1 Å². The number of aliphatic imine (C=N–C) groups is 1. The highest BCUT2D eigenvalue weighted by molar-refractivity contribution is 9.10. The number of amidine groups is 1. The highest BCUT2D eigenvalue weighted by atomic mass is 79.9. The number of rotatable bonds is 4.